The van der Waals surface area contributed by atoms with Crippen LogP contribution in [-0.4, -0.2) is 4.98 Å². The molecule has 0 fully saturated rings. The van der Waals surface area contributed by atoms with Gasteiger partial charge in [-0.2, -0.15) is 5.26 Å². The van der Waals surface area contributed by atoms with Crippen molar-refractivity contribution in [3.05, 3.63) is 26.6 Å². The van der Waals surface area contributed by atoms with Gasteiger partial charge in [-0.15, -0.1) is 0 Å². The van der Waals surface area contributed by atoms with Crippen LogP contribution in [0.25, 0.3) is 0 Å². The first kappa shape index (κ1) is 11.3. The minimum Gasteiger partial charge on any atom is -0.326 e. The zero-order valence-electron chi connectivity index (χ0n) is 6.97. The highest BCUT2D eigenvalue weighted by Crippen LogP contribution is 2.26. The van der Waals surface area contributed by atoms with Crippen molar-refractivity contribution < 1.29 is 8.78 Å². The van der Waals surface area contributed by atoms with Crippen LogP contribution in [0.2, 0.25) is 0 Å². The van der Waals surface area contributed by atoms with Crippen molar-refractivity contribution >= 4 is 22.6 Å². The Kier molecular flexibility index (Phi) is 3.71. The molecule has 0 bridgehead atoms. The van der Waals surface area contributed by atoms with E-state index in [1.54, 1.807) is 0 Å². The van der Waals surface area contributed by atoms with Gasteiger partial charge in [-0.1, -0.05) is 0 Å². The number of hydrogen-bond acceptors (Lipinski definition) is 3. The van der Waals surface area contributed by atoms with E-state index < -0.39 is 6.43 Å². The second-order valence-corrected chi connectivity index (χ2v) is 3.50. The SMILES string of the molecule is N#Cc1c(I)ncc(C(F)F)c1CN. The van der Waals surface area contributed by atoms with Crippen LogP contribution < -0.4 is 5.73 Å². The molecule has 14 heavy (non-hydrogen) atoms. The van der Waals surface area contributed by atoms with Crippen molar-refractivity contribution in [3.8, 4) is 6.07 Å². The van der Waals surface area contributed by atoms with Gasteiger partial charge < -0.3 is 5.73 Å². The molecule has 0 aliphatic heterocycles. The summed E-state index contributed by atoms with van der Waals surface area (Å²) in [6.07, 6.45) is -1.58. The summed E-state index contributed by atoms with van der Waals surface area (Å²) in [4.78, 5) is 3.71. The molecule has 0 saturated heterocycles. The van der Waals surface area contributed by atoms with Crippen LogP contribution in [0.1, 0.15) is 23.1 Å². The Morgan fingerprint density at radius 2 is 2.29 bits per heavy atom. The van der Waals surface area contributed by atoms with Crippen LogP contribution in [0.5, 0.6) is 0 Å². The molecule has 0 radical (unpaired) electrons. The number of aromatic nitrogens is 1. The molecule has 0 aliphatic rings. The molecular formula is C8H6F2IN3. The number of halogens is 3. The zero-order chi connectivity index (χ0) is 10.7. The van der Waals surface area contributed by atoms with Gasteiger partial charge in [-0.25, -0.2) is 13.8 Å². The van der Waals surface area contributed by atoms with E-state index in [-0.39, 0.29) is 23.2 Å². The Labute approximate surface area is 93.1 Å². The Bertz CT molecular complexity index is 387. The van der Waals surface area contributed by atoms with Gasteiger partial charge >= 0.3 is 0 Å². The minimum absolute atomic E-state index is 0.0823. The fourth-order valence-corrected chi connectivity index (χ4v) is 1.64. The van der Waals surface area contributed by atoms with E-state index in [1.165, 1.54) is 0 Å². The fraction of sp³-hybridized carbons (Fsp3) is 0.250. The van der Waals surface area contributed by atoms with Crippen LogP contribution in [0.15, 0.2) is 6.20 Å². The standard InChI is InChI=1S/C8H6F2IN3/c9-7(10)6-3-14-8(11)5(2-13)4(6)1-12/h3,7H,1,12H2. The third-order valence-corrected chi connectivity index (χ3v) is 2.54. The van der Waals surface area contributed by atoms with Gasteiger partial charge in [0.1, 0.15) is 9.77 Å². The van der Waals surface area contributed by atoms with E-state index in [1.807, 2.05) is 28.7 Å². The summed E-state index contributed by atoms with van der Waals surface area (Å²) in [6, 6.07) is 1.83. The number of alkyl halides is 2. The van der Waals surface area contributed by atoms with Crippen molar-refractivity contribution in [1.29, 1.82) is 5.26 Å². The van der Waals surface area contributed by atoms with E-state index in [4.69, 9.17) is 11.0 Å². The minimum atomic E-state index is -2.65. The maximum absolute atomic E-state index is 12.5. The summed E-state index contributed by atoms with van der Waals surface area (Å²) >= 11 is 1.82. The average Bonchev–Trinajstić information content (AvgIpc) is 2.16. The molecule has 0 spiro atoms. The summed E-state index contributed by atoms with van der Waals surface area (Å²) < 4.78 is 25.3. The molecule has 0 atom stereocenters. The second kappa shape index (κ2) is 4.61. The molecule has 6 heteroatoms. The number of pyridine rings is 1. The highest BCUT2D eigenvalue weighted by molar-refractivity contribution is 14.1. The Hall–Kier alpha value is -0.810. The Balaban J connectivity index is 3.42. The van der Waals surface area contributed by atoms with Crippen molar-refractivity contribution in [2.45, 2.75) is 13.0 Å². The van der Waals surface area contributed by atoms with Crippen LogP contribution in [0.3, 0.4) is 0 Å². The summed E-state index contributed by atoms with van der Waals surface area (Å²) in [5.41, 5.74) is 5.39. The van der Waals surface area contributed by atoms with Gasteiger partial charge in [0.2, 0.25) is 0 Å². The third-order valence-electron chi connectivity index (χ3n) is 1.72. The molecule has 2 N–H and O–H groups in total. The van der Waals surface area contributed by atoms with Gasteiger partial charge in [-0.3, -0.25) is 0 Å². The molecule has 0 saturated carbocycles. The van der Waals surface area contributed by atoms with Gasteiger partial charge in [0.05, 0.1) is 5.56 Å². The topological polar surface area (TPSA) is 62.7 Å². The smallest absolute Gasteiger partial charge is 0.265 e. The summed E-state index contributed by atoms with van der Waals surface area (Å²) in [5, 5.41) is 8.74. The second-order valence-electron chi connectivity index (χ2n) is 2.47. The lowest BCUT2D eigenvalue weighted by atomic mass is 10.1. The number of rotatable bonds is 2. The molecule has 1 aromatic rings. The molecule has 0 aromatic carbocycles. The first-order chi connectivity index (χ1) is 6.61. The monoisotopic (exact) mass is 309 g/mol. The van der Waals surface area contributed by atoms with Crippen LogP contribution in [0, 0.1) is 15.0 Å². The van der Waals surface area contributed by atoms with Crippen LogP contribution >= 0.6 is 22.6 Å². The maximum Gasteiger partial charge on any atom is 0.265 e. The lowest BCUT2D eigenvalue weighted by molar-refractivity contribution is 0.149. The Morgan fingerprint density at radius 1 is 1.64 bits per heavy atom. The Morgan fingerprint density at radius 3 is 2.71 bits per heavy atom. The van der Waals surface area contributed by atoms with E-state index >= 15 is 0 Å². The maximum atomic E-state index is 12.5. The number of nitriles is 1. The molecule has 1 aromatic heterocycles. The highest BCUT2D eigenvalue weighted by Gasteiger charge is 2.18. The number of hydrogen-bond donors (Lipinski definition) is 1. The largest absolute Gasteiger partial charge is 0.326 e. The van der Waals surface area contributed by atoms with Gasteiger partial charge in [-0.05, 0) is 28.2 Å². The third kappa shape index (κ3) is 1.99. The van der Waals surface area contributed by atoms with Gasteiger partial charge in [0.25, 0.3) is 6.43 Å². The molecule has 0 amide bonds. The van der Waals surface area contributed by atoms with Crippen LogP contribution in [-0.2, 0) is 6.54 Å². The van der Waals surface area contributed by atoms with Crippen molar-refractivity contribution in [3.63, 3.8) is 0 Å². The predicted molar refractivity (Wildman–Crippen MR) is 54.5 cm³/mol. The lowest BCUT2D eigenvalue weighted by Gasteiger charge is -2.08. The highest BCUT2D eigenvalue weighted by atomic mass is 127. The van der Waals surface area contributed by atoms with E-state index in [0.29, 0.717) is 3.70 Å². The quantitative estimate of drug-likeness (QED) is 0.671. The summed E-state index contributed by atoms with van der Waals surface area (Å²) in [7, 11) is 0. The first-order valence-electron chi connectivity index (χ1n) is 3.67. The predicted octanol–water partition coefficient (Wildman–Crippen LogP) is 1.95. The summed E-state index contributed by atoms with van der Waals surface area (Å²) in [5.74, 6) is 0. The molecular weight excluding hydrogens is 303 g/mol. The molecule has 1 rings (SSSR count). The van der Waals surface area contributed by atoms with Gasteiger partial charge in [0, 0.05) is 18.3 Å². The first-order valence-corrected chi connectivity index (χ1v) is 4.75. The molecule has 0 unspecified atom stereocenters. The van der Waals surface area contributed by atoms with E-state index in [9.17, 15) is 8.78 Å². The molecule has 0 aliphatic carbocycles. The fourth-order valence-electron chi connectivity index (χ4n) is 1.06. The van der Waals surface area contributed by atoms with Crippen molar-refractivity contribution in [2.75, 3.05) is 0 Å². The zero-order valence-corrected chi connectivity index (χ0v) is 9.12. The molecule has 1 heterocycles. The number of nitrogens with two attached hydrogens (primary N) is 1. The van der Waals surface area contributed by atoms with Crippen molar-refractivity contribution in [1.82, 2.24) is 4.98 Å². The van der Waals surface area contributed by atoms with Crippen molar-refractivity contribution in [2.24, 2.45) is 5.73 Å². The van der Waals surface area contributed by atoms with Gasteiger partial charge in [0.15, 0.2) is 0 Å². The lowest BCUT2D eigenvalue weighted by Crippen LogP contribution is -2.08. The molecule has 74 valence electrons. The summed E-state index contributed by atoms with van der Waals surface area (Å²) in [6.45, 7) is -0.0823. The normalized spacial score (nSPS) is 10.3. The molecule has 3 nitrogen and oxygen atoms in total. The average molecular weight is 309 g/mol. The van der Waals surface area contributed by atoms with E-state index in [2.05, 4.69) is 4.98 Å². The number of nitrogens with zero attached hydrogens (tertiary/aromatic N) is 2. The van der Waals surface area contributed by atoms with E-state index in [0.717, 1.165) is 6.20 Å². The van der Waals surface area contributed by atoms with Crippen LogP contribution in [0.4, 0.5) is 8.78 Å².